The highest BCUT2D eigenvalue weighted by molar-refractivity contribution is 5.78. The van der Waals surface area contributed by atoms with Crippen molar-refractivity contribution in [2.75, 3.05) is 12.3 Å². The number of hydrogen-bond acceptors (Lipinski definition) is 3. The van der Waals surface area contributed by atoms with E-state index >= 15 is 0 Å². The summed E-state index contributed by atoms with van der Waals surface area (Å²) in [4.78, 5) is 0. The molecular formula is C21H18F3NO2. The lowest BCUT2D eigenvalue weighted by Gasteiger charge is -2.13. The molecule has 3 rings (SSSR count). The minimum Gasteiger partial charge on any atom is -0.489 e. The molecule has 0 saturated carbocycles. The van der Waals surface area contributed by atoms with Gasteiger partial charge >= 0.3 is 6.18 Å². The topological polar surface area (TPSA) is 44.5 Å². The highest BCUT2D eigenvalue weighted by atomic mass is 19.4. The monoisotopic (exact) mass is 373 g/mol. The quantitative estimate of drug-likeness (QED) is 0.584. The first-order chi connectivity index (χ1) is 12.9. The van der Waals surface area contributed by atoms with Crippen molar-refractivity contribution >= 4 is 5.69 Å². The van der Waals surface area contributed by atoms with Crippen LogP contribution in [0.5, 0.6) is 11.5 Å². The Labute approximate surface area is 155 Å². The maximum Gasteiger partial charge on any atom is 0.422 e. The Kier molecular flexibility index (Phi) is 5.54. The van der Waals surface area contributed by atoms with Crippen LogP contribution in [-0.2, 0) is 6.61 Å². The van der Waals surface area contributed by atoms with Gasteiger partial charge in [-0.3, -0.25) is 0 Å². The smallest absolute Gasteiger partial charge is 0.422 e. The fourth-order valence-electron chi connectivity index (χ4n) is 2.55. The van der Waals surface area contributed by atoms with Crippen LogP contribution in [0, 0.1) is 0 Å². The number of alkyl halides is 3. The third-order valence-corrected chi connectivity index (χ3v) is 3.82. The van der Waals surface area contributed by atoms with Crippen LogP contribution in [0.3, 0.4) is 0 Å². The predicted molar refractivity (Wildman–Crippen MR) is 98.6 cm³/mol. The summed E-state index contributed by atoms with van der Waals surface area (Å²) in [6, 6.07) is 21.6. The summed E-state index contributed by atoms with van der Waals surface area (Å²) in [7, 11) is 0. The molecule has 0 amide bonds. The number of ether oxygens (including phenoxy) is 2. The van der Waals surface area contributed by atoms with Crippen molar-refractivity contribution in [1.82, 2.24) is 0 Å². The Bertz CT molecular complexity index is 895. The summed E-state index contributed by atoms with van der Waals surface area (Å²) in [6.45, 7) is -0.918. The van der Waals surface area contributed by atoms with E-state index in [-0.39, 0.29) is 5.75 Å². The first-order valence-corrected chi connectivity index (χ1v) is 8.27. The Balaban J connectivity index is 1.72. The van der Waals surface area contributed by atoms with E-state index in [1.807, 2.05) is 54.6 Å². The number of nitrogen functional groups attached to an aromatic ring is 1. The van der Waals surface area contributed by atoms with Gasteiger partial charge in [0, 0.05) is 17.3 Å². The van der Waals surface area contributed by atoms with Gasteiger partial charge < -0.3 is 15.2 Å². The van der Waals surface area contributed by atoms with Crippen LogP contribution in [-0.4, -0.2) is 12.8 Å². The molecule has 0 bridgehead atoms. The Morgan fingerprint density at radius 3 is 2.22 bits per heavy atom. The zero-order valence-corrected chi connectivity index (χ0v) is 14.4. The summed E-state index contributed by atoms with van der Waals surface area (Å²) >= 11 is 0. The van der Waals surface area contributed by atoms with Crippen LogP contribution < -0.4 is 15.2 Å². The van der Waals surface area contributed by atoms with E-state index in [0.29, 0.717) is 23.6 Å². The number of nitrogens with two attached hydrogens (primary N) is 1. The molecule has 3 nitrogen and oxygen atoms in total. The summed E-state index contributed by atoms with van der Waals surface area (Å²) in [6.07, 6.45) is -4.39. The fourth-order valence-corrected chi connectivity index (χ4v) is 2.55. The summed E-state index contributed by atoms with van der Waals surface area (Å²) in [5, 5.41) is 0. The maximum atomic E-state index is 12.3. The normalized spacial score (nSPS) is 11.2. The summed E-state index contributed by atoms with van der Waals surface area (Å²) < 4.78 is 47.3. The molecular weight excluding hydrogens is 355 g/mol. The summed E-state index contributed by atoms with van der Waals surface area (Å²) in [5.41, 5.74) is 8.88. The van der Waals surface area contributed by atoms with Crippen LogP contribution >= 0.6 is 0 Å². The Morgan fingerprint density at radius 2 is 1.52 bits per heavy atom. The second-order valence-electron chi connectivity index (χ2n) is 5.96. The van der Waals surface area contributed by atoms with Gasteiger partial charge in [-0.25, -0.2) is 0 Å². The van der Waals surface area contributed by atoms with E-state index in [9.17, 15) is 13.2 Å². The number of anilines is 1. The minimum atomic E-state index is -4.39. The van der Waals surface area contributed by atoms with Crippen molar-refractivity contribution in [2.45, 2.75) is 12.8 Å². The molecule has 0 radical (unpaired) electrons. The molecule has 3 aromatic rings. The van der Waals surface area contributed by atoms with E-state index in [1.54, 1.807) is 6.07 Å². The zero-order chi connectivity index (χ0) is 19.3. The molecule has 140 valence electrons. The van der Waals surface area contributed by atoms with Gasteiger partial charge in [0.25, 0.3) is 0 Å². The van der Waals surface area contributed by atoms with Gasteiger partial charge in [-0.15, -0.1) is 0 Å². The van der Waals surface area contributed by atoms with Gasteiger partial charge in [0.2, 0.25) is 0 Å². The lowest BCUT2D eigenvalue weighted by molar-refractivity contribution is -0.153. The molecule has 6 heteroatoms. The Hall–Kier alpha value is -3.15. The third-order valence-electron chi connectivity index (χ3n) is 3.82. The average molecular weight is 373 g/mol. The van der Waals surface area contributed by atoms with Crippen molar-refractivity contribution in [1.29, 1.82) is 0 Å². The fraction of sp³-hybridized carbons (Fsp3) is 0.143. The van der Waals surface area contributed by atoms with E-state index in [1.165, 1.54) is 12.1 Å². The van der Waals surface area contributed by atoms with Crippen molar-refractivity contribution in [3.05, 3.63) is 78.4 Å². The SMILES string of the molecule is Nc1cc(OCC(F)(F)F)ccc1-c1cccc(OCc2ccccc2)c1. The molecule has 0 heterocycles. The zero-order valence-electron chi connectivity index (χ0n) is 14.4. The van der Waals surface area contributed by atoms with Gasteiger partial charge in [0.15, 0.2) is 6.61 Å². The second kappa shape index (κ2) is 8.03. The van der Waals surface area contributed by atoms with Gasteiger partial charge in [-0.2, -0.15) is 13.2 Å². The van der Waals surface area contributed by atoms with Crippen LogP contribution in [0.1, 0.15) is 5.56 Å². The van der Waals surface area contributed by atoms with Crippen molar-refractivity contribution < 1.29 is 22.6 Å². The molecule has 0 aliphatic carbocycles. The van der Waals surface area contributed by atoms with Gasteiger partial charge in [0.05, 0.1) is 0 Å². The molecule has 0 aliphatic rings. The highest BCUT2D eigenvalue weighted by Crippen LogP contribution is 2.32. The van der Waals surface area contributed by atoms with Crippen molar-refractivity contribution in [2.24, 2.45) is 0 Å². The van der Waals surface area contributed by atoms with E-state index in [0.717, 1.165) is 11.1 Å². The highest BCUT2D eigenvalue weighted by Gasteiger charge is 2.28. The minimum absolute atomic E-state index is 0.0741. The van der Waals surface area contributed by atoms with Crippen molar-refractivity contribution in [3.8, 4) is 22.6 Å². The molecule has 0 atom stereocenters. The van der Waals surface area contributed by atoms with Gasteiger partial charge in [-0.1, -0.05) is 42.5 Å². The molecule has 0 aromatic heterocycles. The van der Waals surface area contributed by atoms with E-state index in [4.69, 9.17) is 15.2 Å². The standard InChI is InChI=1S/C21H18F3NO2/c22-21(23,24)14-27-18-9-10-19(20(25)12-18)16-7-4-8-17(11-16)26-13-15-5-2-1-3-6-15/h1-12H,13-14,25H2. The second-order valence-corrected chi connectivity index (χ2v) is 5.96. The lowest BCUT2D eigenvalue weighted by atomic mass is 10.0. The number of rotatable bonds is 6. The third kappa shape index (κ3) is 5.41. The maximum absolute atomic E-state index is 12.3. The molecule has 27 heavy (non-hydrogen) atoms. The Morgan fingerprint density at radius 1 is 0.778 bits per heavy atom. The molecule has 0 aliphatic heterocycles. The predicted octanol–water partition coefficient (Wildman–Crippen LogP) is 5.46. The number of halogens is 3. The number of hydrogen-bond donors (Lipinski definition) is 1. The molecule has 0 saturated heterocycles. The molecule has 2 N–H and O–H groups in total. The lowest BCUT2D eigenvalue weighted by Crippen LogP contribution is -2.19. The van der Waals surface area contributed by atoms with Crippen LogP contribution in [0.2, 0.25) is 0 Å². The first-order valence-electron chi connectivity index (χ1n) is 8.27. The average Bonchev–Trinajstić information content (AvgIpc) is 2.65. The number of benzene rings is 3. The molecule has 0 fully saturated rings. The largest absolute Gasteiger partial charge is 0.489 e. The van der Waals surface area contributed by atoms with Crippen LogP contribution in [0.4, 0.5) is 18.9 Å². The van der Waals surface area contributed by atoms with Crippen LogP contribution in [0.15, 0.2) is 72.8 Å². The van der Waals surface area contributed by atoms with E-state index in [2.05, 4.69) is 0 Å². The van der Waals surface area contributed by atoms with Gasteiger partial charge in [0.1, 0.15) is 18.1 Å². The summed E-state index contributed by atoms with van der Waals surface area (Å²) in [5.74, 6) is 0.748. The molecule has 0 unspecified atom stereocenters. The molecule has 0 spiro atoms. The van der Waals surface area contributed by atoms with Gasteiger partial charge in [-0.05, 0) is 35.4 Å². The first kappa shape index (κ1) is 18.6. The molecule has 3 aromatic carbocycles. The van der Waals surface area contributed by atoms with Crippen LogP contribution in [0.25, 0.3) is 11.1 Å². The van der Waals surface area contributed by atoms with Crippen molar-refractivity contribution in [3.63, 3.8) is 0 Å². The van der Waals surface area contributed by atoms with E-state index < -0.39 is 12.8 Å².